The number of carbonyl (C=O) groups excluding carboxylic acids is 2. The number of nitrogens with one attached hydrogen (secondary N) is 2. The lowest BCUT2D eigenvalue weighted by Crippen LogP contribution is -2.47. The summed E-state index contributed by atoms with van der Waals surface area (Å²) in [5.41, 5.74) is 4.05. The van der Waals surface area contributed by atoms with Crippen LogP contribution in [0.1, 0.15) is 73.6 Å². The summed E-state index contributed by atoms with van der Waals surface area (Å²) in [5.74, 6) is 0.0657. The molecule has 0 atom stereocenters. The largest absolute Gasteiger partial charge is 0.450 e. The zero-order valence-electron chi connectivity index (χ0n) is 25.6. The van der Waals surface area contributed by atoms with E-state index in [-0.39, 0.29) is 11.5 Å². The first-order chi connectivity index (χ1) is 20.2. The lowest BCUT2D eigenvalue weighted by molar-refractivity contribution is 0.0886. The van der Waals surface area contributed by atoms with E-state index in [0.717, 1.165) is 42.8 Å². The van der Waals surface area contributed by atoms with Crippen molar-refractivity contribution in [3.8, 4) is 0 Å². The number of aryl methyl sites for hydroxylation is 2. The summed E-state index contributed by atoms with van der Waals surface area (Å²) in [6.45, 7) is 13.0. The van der Waals surface area contributed by atoms with Crippen LogP contribution in [0.15, 0.2) is 65.5 Å². The molecule has 2 amide bonds. The highest BCUT2D eigenvalue weighted by molar-refractivity contribution is 5.94. The van der Waals surface area contributed by atoms with Gasteiger partial charge in [-0.1, -0.05) is 43.7 Å². The zero-order chi connectivity index (χ0) is 30.5. The smallest absolute Gasteiger partial charge is 0.411 e. The van der Waals surface area contributed by atoms with Gasteiger partial charge < -0.3 is 15.0 Å². The van der Waals surface area contributed by atoms with Gasteiger partial charge in [0.2, 0.25) is 0 Å². The molecule has 226 valence electrons. The molecule has 4 rings (SSSR count). The van der Waals surface area contributed by atoms with Crippen molar-refractivity contribution in [1.82, 2.24) is 20.0 Å². The summed E-state index contributed by atoms with van der Waals surface area (Å²) in [6.07, 6.45) is 4.07. The molecule has 1 aliphatic heterocycles. The molecule has 2 N–H and O–H groups in total. The van der Waals surface area contributed by atoms with Crippen LogP contribution in [0.4, 0.5) is 10.5 Å². The molecule has 3 aromatic rings. The summed E-state index contributed by atoms with van der Waals surface area (Å²) >= 11 is 0. The van der Waals surface area contributed by atoms with Crippen molar-refractivity contribution in [3.63, 3.8) is 0 Å². The van der Waals surface area contributed by atoms with Crippen molar-refractivity contribution in [2.24, 2.45) is 0 Å². The van der Waals surface area contributed by atoms with Gasteiger partial charge in [0.25, 0.3) is 11.5 Å². The standard InChI is InChI=1S/C18H28N2O.C15H17N3O3/c1-4-17(5-2)20-12-10-16(11-13-20)19-18(21)15-8-6-14(3)7-9-15;1-3-21-15(20)16-13-6-4-5-12(9-13)10-18-14(19)8-7-11(2)17-18/h6-9,16-17H,4-5,10-13H2,1-3H3,(H,19,21);4-9H,3,10H2,1-2H3,(H,16,20). The Bertz CT molecular complexity index is 1340. The van der Waals surface area contributed by atoms with Crippen LogP contribution in [0.3, 0.4) is 0 Å². The first kappa shape index (κ1) is 32.5. The first-order valence-electron chi connectivity index (χ1n) is 14.9. The van der Waals surface area contributed by atoms with E-state index < -0.39 is 6.09 Å². The summed E-state index contributed by atoms with van der Waals surface area (Å²) in [7, 11) is 0. The van der Waals surface area contributed by atoms with E-state index in [0.29, 0.717) is 30.9 Å². The Morgan fingerprint density at radius 1 is 0.976 bits per heavy atom. The monoisotopic (exact) mass is 575 g/mol. The van der Waals surface area contributed by atoms with E-state index >= 15 is 0 Å². The van der Waals surface area contributed by atoms with Crippen LogP contribution in [0.5, 0.6) is 0 Å². The third-order valence-electron chi connectivity index (χ3n) is 7.42. The number of anilines is 1. The Kier molecular flexibility index (Phi) is 12.7. The van der Waals surface area contributed by atoms with Crippen LogP contribution in [0, 0.1) is 13.8 Å². The van der Waals surface area contributed by atoms with Gasteiger partial charge in [0, 0.05) is 42.5 Å². The molecule has 1 saturated heterocycles. The number of carbonyl (C=O) groups is 2. The van der Waals surface area contributed by atoms with Gasteiger partial charge in [-0.25, -0.2) is 9.48 Å². The third kappa shape index (κ3) is 10.1. The van der Waals surface area contributed by atoms with Gasteiger partial charge in [-0.3, -0.25) is 14.9 Å². The lowest BCUT2D eigenvalue weighted by Gasteiger charge is -2.37. The van der Waals surface area contributed by atoms with Crippen molar-refractivity contribution < 1.29 is 14.3 Å². The number of hydrogen-bond acceptors (Lipinski definition) is 6. The molecule has 42 heavy (non-hydrogen) atoms. The van der Waals surface area contributed by atoms with Crippen molar-refractivity contribution in [1.29, 1.82) is 0 Å². The second-order valence-corrected chi connectivity index (χ2v) is 10.6. The van der Waals surface area contributed by atoms with E-state index in [4.69, 9.17) is 4.74 Å². The van der Waals surface area contributed by atoms with Crippen LogP contribution in [0.25, 0.3) is 0 Å². The van der Waals surface area contributed by atoms with Crippen LogP contribution in [-0.2, 0) is 11.3 Å². The summed E-state index contributed by atoms with van der Waals surface area (Å²) in [4.78, 5) is 37.9. The second-order valence-electron chi connectivity index (χ2n) is 10.6. The van der Waals surface area contributed by atoms with Gasteiger partial charge in [0.05, 0.1) is 18.8 Å². The Labute approximate surface area is 249 Å². The molecule has 0 saturated carbocycles. The average Bonchev–Trinajstić information content (AvgIpc) is 2.97. The van der Waals surface area contributed by atoms with E-state index in [1.54, 1.807) is 31.2 Å². The molecule has 2 aromatic carbocycles. The Balaban J connectivity index is 0.000000230. The highest BCUT2D eigenvalue weighted by atomic mass is 16.5. The van der Waals surface area contributed by atoms with E-state index in [2.05, 4.69) is 34.5 Å². The van der Waals surface area contributed by atoms with Crippen LogP contribution in [0.2, 0.25) is 0 Å². The molecular weight excluding hydrogens is 530 g/mol. The molecule has 0 radical (unpaired) electrons. The van der Waals surface area contributed by atoms with Gasteiger partial charge in [0.1, 0.15) is 0 Å². The second kappa shape index (κ2) is 16.5. The number of ether oxygens (including phenoxy) is 1. The summed E-state index contributed by atoms with van der Waals surface area (Å²) in [5, 5.41) is 9.99. The normalized spacial score (nSPS) is 13.7. The SMILES string of the molecule is CCC(CC)N1CCC(NC(=O)c2ccc(C)cc2)CC1.CCOC(=O)Nc1cccc(Cn2nc(C)ccc2=O)c1. The van der Waals surface area contributed by atoms with Crippen molar-refractivity contribution in [2.45, 2.75) is 78.9 Å². The molecule has 9 heteroatoms. The van der Waals surface area contributed by atoms with E-state index in [1.807, 2.05) is 44.2 Å². The summed E-state index contributed by atoms with van der Waals surface area (Å²) < 4.78 is 6.21. The van der Waals surface area contributed by atoms with Crippen LogP contribution < -0.4 is 16.2 Å². The topological polar surface area (TPSA) is 106 Å². The maximum atomic E-state index is 12.2. The van der Waals surface area contributed by atoms with Crippen molar-refractivity contribution >= 4 is 17.7 Å². The fourth-order valence-corrected chi connectivity index (χ4v) is 5.06. The highest BCUT2D eigenvalue weighted by Gasteiger charge is 2.24. The minimum atomic E-state index is -0.500. The van der Waals surface area contributed by atoms with Gasteiger partial charge in [-0.2, -0.15) is 5.10 Å². The maximum absolute atomic E-state index is 12.2. The molecule has 2 heterocycles. The Hall–Kier alpha value is -3.98. The minimum absolute atomic E-state index is 0.0657. The quantitative estimate of drug-likeness (QED) is 0.347. The third-order valence-corrected chi connectivity index (χ3v) is 7.42. The first-order valence-corrected chi connectivity index (χ1v) is 14.9. The minimum Gasteiger partial charge on any atom is -0.450 e. The van der Waals surface area contributed by atoms with E-state index in [1.165, 1.54) is 29.2 Å². The summed E-state index contributed by atoms with van der Waals surface area (Å²) in [6, 6.07) is 19.2. The van der Waals surface area contributed by atoms with Gasteiger partial charge in [-0.15, -0.1) is 0 Å². The number of piperidine rings is 1. The molecule has 9 nitrogen and oxygen atoms in total. The van der Waals surface area contributed by atoms with Gasteiger partial charge in [-0.05, 0) is 82.3 Å². The number of amides is 2. The molecule has 0 aliphatic carbocycles. The van der Waals surface area contributed by atoms with Gasteiger partial charge >= 0.3 is 6.09 Å². The number of hydrogen-bond donors (Lipinski definition) is 2. The molecule has 0 unspecified atom stereocenters. The zero-order valence-corrected chi connectivity index (χ0v) is 25.6. The molecule has 1 fully saturated rings. The lowest BCUT2D eigenvalue weighted by atomic mass is 10.0. The molecular formula is C33H45N5O4. The number of aromatic nitrogens is 2. The maximum Gasteiger partial charge on any atom is 0.411 e. The molecule has 1 aromatic heterocycles. The predicted octanol–water partition coefficient (Wildman–Crippen LogP) is 5.55. The van der Waals surface area contributed by atoms with Crippen LogP contribution in [-0.4, -0.2) is 58.5 Å². The highest BCUT2D eigenvalue weighted by Crippen LogP contribution is 2.17. The molecule has 1 aliphatic rings. The number of rotatable bonds is 9. The molecule has 0 spiro atoms. The fourth-order valence-electron chi connectivity index (χ4n) is 5.06. The Morgan fingerprint density at radius 3 is 2.31 bits per heavy atom. The van der Waals surface area contributed by atoms with E-state index in [9.17, 15) is 14.4 Å². The van der Waals surface area contributed by atoms with Crippen molar-refractivity contribution in [2.75, 3.05) is 25.0 Å². The average molecular weight is 576 g/mol. The van der Waals surface area contributed by atoms with Crippen LogP contribution >= 0.6 is 0 Å². The number of benzene rings is 2. The number of likely N-dealkylation sites (tertiary alicyclic amines) is 1. The fraction of sp³-hybridized carbons (Fsp3) is 0.455. The number of nitrogens with zero attached hydrogens (tertiary/aromatic N) is 3. The Morgan fingerprint density at radius 2 is 1.67 bits per heavy atom. The molecule has 0 bridgehead atoms. The van der Waals surface area contributed by atoms with Crippen molar-refractivity contribution in [3.05, 3.63) is 93.4 Å². The predicted molar refractivity (Wildman–Crippen MR) is 167 cm³/mol. The van der Waals surface area contributed by atoms with Gasteiger partial charge in [0.15, 0.2) is 0 Å².